The average Bonchev–Trinajstić information content (AvgIpc) is 3.40. The fourth-order valence-corrected chi connectivity index (χ4v) is 5.08. The molecule has 6 N–H and O–H groups in total. The minimum atomic E-state index is -1.26. The van der Waals surface area contributed by atoms with Crippen LogP contribution in [0.15, 0.2) is 78.9 Å². The number of aromatic nitrogens is 2. The number of carboxylic acid groups (broad SMARTS) is 4. The molecule has 0 spiro atoms. The first-order chi connectivity index (χ1) is 23.3. The van der Waals surface area contributed by atoms with Gasteiger partial charge >= 0.3 is 23.9 Å². The molecule has 2 heterocycles. The van der Waals surface area contributed by atoms with E-state index < -0.39 is 23.9 Å². The lowest BCUT2D eigenvalue weighted by Gasteiger charge is -2.41. The third kappa shape index (κ3) is 14.7. The maximum Gasteiger partial charge on any atom is 0.328 e. The Morgan fingerprint density at radius 3 is 1.90 bits per heavy atom. The quantitative estimate of drug-likeness (QED) is 0.122. The van der Waals surface area contributed by atoms with Gasteiger partial charge in [0, 0.05) is 68.5 Å². The van der Waals surface area contributed by atoms with Crippen LogP contribution in [-0.2, 0) is 37.1 Å². The van der Waals surface area contributed by atoms with Gasteiger partial charge in [-0.25, -0.2) is 24.2 Å². The summed E-state index contributed by atoms with van der Waals surface area (Å²) in [6.07, 6.45) is 4.80. The lowest BCUT2D eigenvalue weighted by Crippen LogP contribution is -2.54. The first kappa shape index (κ1) is 39.5. The molecule has 1 aliphatic heterocycles. The van der Waals surface area contributed by atoms with E-state index in [4.69, 9.17) is 31.1 Å². The number of para-hydroxylation sites is 2. The Morgan fingerprint density at radius 1 is 0.816 bits per heavy atom. The molecule has 15 heteroatoms. The predicted molar refractivity (Wildman–Crippen MR) is 179 cm³/mol. The molecule has 0 bridgehead atoms. The van der Waals surface area contributed by atoms with Crippen LogP contribution in [-0.4, -0.2) is 108 Å². The Kier molecular flexibility index (Phi) is 16.6. The number of carbonyl (C=O) groups is 6. The number of nitrogens with zero attached hydrogens (tertiary/aromatic N) is 4. The van der Waals surface area contributed by atoms with Crippen LogP contribution in [0.3, 0.4) is 0 Å². The van der Waals surface area contributed by atoms with Gasteiger partial charge in [0.2, 0.25) is 5.91 Å². The summed E-state index contributed by atoms with van der Waals surface area (Å²) in [5.41, 5.74) is 8.20. The maximum atomic E-state index is 12.8. The Morgan fingerprint density at radius 2 is 1.37 bits per heavy atom. The van der Waals surface area contributed by atoms with Crippen molar-refractivity contribution < 1.29 is 49.2 Å². The summed E-state index contributed by atoms with van der Waals surface area (Å²) in [7, 11) is 0. The van der Waals surface area contributed by atoms with E-state index in [0.717, 1.165) is 61.4 Å². The van der Waals surface area contributed by atoms with Crippen LogP contribution < -0.4 is 5.73 Å². The summed E-state index contributed by atoms with van der Waals surface area (Å²) in [4.78, 5) is 71.9. The Hall–Kier alpha value is -5.67. The van der Waals surface area contributed by atoms with Crippen molar-refractivity contribution in [3.8, 4) is 0 Å². The second-order valence-corrected chi connectivity index (χ2v) is 10.8. The number of primary amides is 1. The van der Waals surface area contributed by atoms with Gasteiger partial charge in [0.1, 0.15) is 5.82 Å². The summed E-state index contributed by atoms with van der Waals surface area (Å²) < 4.78 is 2.20. The molecule has 4 rings (SSSR count). The van der Waals surface area contributed by atoms with Gasteiger partial charge in [-0.15, -0.1) is 0 Å². The summed E-state index contributed by atoms with van der Waals surface area (Å²) in [5, 5.41) is 31.2. The summed E-state index contributed by atoms with van der Waals surface area (Å²) >= 11 is 0. The van der Waals surface area contributed by atoms with Crippen molar-refractivity contribution in [2.45, 2.75) is 45.3 Å². The molecule has 1 saturated heterocycles. The number of piperazine rings is 1. The van der Waals surface area contributed by atoms with E-state index in [0.29, 0.717) is 49.9 Å². The van der Waals surface area contributed by atoms with Gasteiger partial charge in [-0.1, -0.05) is 55.8 Å². The lowest BCUT2D eigenvalue weighted by atomic mass is 10.1. The number of benzene rings is 2. The first-order valence-electron chi connectivity index (χ1n) is 15.4. The van der Waals surface area contributed by atoms with Crippen LogP contribution in [0.25, 0.3) is 11.0 Å². The number of rotatable bonds is 14. The second-order valence-electron chi connectivity index (χ2n) is 10.8. The summed E-state index contributed by atoms with van der Waals surface area (Å²) in [6, 6.07) is 17.9. The third-order valence-electron chi connectivity index (χ3n) is 7.16. The van der Waals surface area contributed by atoms with Crippen molar-refractivity contribution in [3.05, 3.63) is 90.3 Å². The number of imidazole rings is 1. The molecule has 2 aromatic carbocycles. The first-order valence-corrected chi connectivity index (χ1v) is 15.4. The number of aryl methyl sites for hydroxylation is 1. The third-order valence-corrected chi connectivity index (χ3v) is 7.16. The summed E-state index contributed by atoms with van der Waals surface area (Å²) in [5.74, 6) is -4.17. The molecular weight excluding hydrogens is 638 g/mol. The molecule has 1 aromatic heterocycles. The second kappa shape index (κ2) is 20.5. The zero-order valence-electron chi connectivity index (χ0n) is 27.1. The minimum absolute atomic E-state index is 0.142. The van der Waals surface area contributed by atoms with Gasteiger partial charge in [-0.3, -0.25) is 19.4 Å². The number of aliphatic carboxylic acids is 4. The molecule has 1 fully saturated rings. The van der Waals surface area contributed by atoms with Crippen LogP contribution in [0, 0.1) is 0 Å². The van der Waals surface area contributed by atoms with Gasteiger partial charge in [-0.05, 0) is 18.6 Å². The monoisotopic (exact) mass is 679 g/mol. The molecule has 1 amide bonds. The molecule has 3 aromatic rings. The largest absolute Gasteiger partial charge is 0.478 e. The van der Waals surface area contributed by atoms with Crippen molar-refractivity contribution >= 4 is 46.6 Å². The van der Waals surface area contributed by atoms with Gasteiger partial charge in [-0.2, -0.15) is 0 Å². The molecule has 0 saturated carbocycles. The van der Waals surface area contributed by atoms with Crippen molar-refractivity contribution in [1.29, 1.82) is 0 Å². The molecule has 0 aliphatic carbocycles. The van der Waals surface area contributed by atoms with Crippen LogP contribution in [0.5, 0.6) is 0 Å². The zero-order chi connectivity index (χ0) is 36.3. The Balaban J connectivity index is 0.000000432. The number of hydrogen-bond acceptors (Lipinski definition) is 9. The van der Waals surface area contributed by atoms with Crippen LogP contribution >= 0.6 is 0 Å². The van der Waals surface area contributed by atoms with E-state index in [1.807, 2.05) is 48.5 Å². The predicted octanol–water partition coefficient (Wildman–Crippen LogP) is 2.50. The number of carboxylic acids is 4. The summed E-state index contributed by atoms with van der Waals surface area (Å²) in [6.45, 7) is 6.35. The number of fused-ring (bicyclic) bond motifs is 1. The standard InChI is InChI=1S/C26H33N5O2.2C4H4O4/c1-2-8-21-17-29(18-25(27)33)15-16-30(21)19-26-28-22-11-6-7-12-23(22)31(26)14-13-24(32)20-9-4-3-5-10-20;2*5-3(6)1-2-4(7)8/h3-7,9-12,21H,2,8,13-19H2,1H3,(H2,27,33);2*1-2H,(H,5,6)(H,7,8)/b;2*2-1+. The van der Waals surface area contributed by atoms with Crippen molar-refractivity contribution in [1.82, 2.24) is 19.4 Å². The van der Waals surface area contributed by atoms with Crippen LogP contribution in [0.4, 0.5) is 0 Å². The van der Waals surface area contributed by atoms with Gasteiger partial charge in [0.25, 0.3) is 0 Å². The van der Waals surface area contributed by atoms with E-state index in [1.54, 1.807) is 0 Å². The number of hydrogen-bond donors (Lipinski definition) is 5. The number of amides is 1. The topological polar surface area (TPSA) is 234 Å². The van der Waals surface area contributed by atoms with Crippen molar-refractivity contribution in [2.75, 3.05) is 26.2 Å². The molecule has 1 unspecified atom stereocenters. The normalized spacial score (nSPS) is 14.8. The lowest BCUT2D eigenvalue weighted by molar-refractivity contribution is -0.134. The smallest absolute Gasteiger partial charge is 0.328 e. The number of ketones is 1. The highest BCUT2D eigenvalue weighted by Crippen LogP contribution is 2.22. The maximum absolute atomic E-state index is 12.8. The molecule has 1 atom stereocenters. The number of nitrogens with two attached hydrogens (primary N) is 1. The van der Waals surface area contributed by atoms with E-state index in [9.17, 15) is 28.8 Å². The van der Waals surface area contributed by atoms with E-state index in [2.05, 4.69) is 27.4 Å². The molecule has 15 nitrogen and oxygen atoms in total. The number of carbonyl (C=O) groups excluding carboxylic acids is 2. The highest BCUT2D eigenvalue weighted by Gasteiger charge is 2.28. The SMILES string of the molecule is CCCC1CN(CC(N)=O)CCN1Cc1nc2ccccc2n1CCC(=O)c1ccccc1.O=C(O)/C=C/C(=O)O.O=C(O)/C=C/C(=O)O. The fourth-order valence-electron chi connectivity index (χ4n) is 5.08. The van der Waals surface area contributed by atoms with Gasteiger partial charge in [0.05, 0.1) is 24.1 Å². The van der Waals surface area contributed by atoms with E-state index >= 15 is 0 Å². The van der Waals surface area contributed by atoms with E-state index in [1.165, 1.54) is 0 Å². The Bertz CT molecular complexity index is 1590. The molecule has 262 valence electrons. The van der Waals surface area contributed by atoms with Gasteiger partial charge < -0.3 is 30.7 Å². The van der Waals surface area contributed by atoms with E-state index in [-0.39, 0.29) is 11.7 Å². The molecular formula is C34H41N5O10. The van der Waals surface area contributed by atoms with Crippen LogP contribution in [0.1, 0.15) is 42.4 Å². The van der Waals surface area contributed by atoms with Crippen LogP contribution in [0.2, 0.25) is 0 Å². The molecule has 1 aliphatic rings. The zero-order valence-corrected chi connectivity index (χ0v) is 27.1. The minimum Gasteiger partial charge on any atom is -0.478 e. The highest BCUT2D eigenvalue weighted by atomic mass is 16.4. The fraction of sp³-hybridized carbons (Fsp3) is 0.324. The number of Topliss-reactive ketones (excluding diaryl/α,β-unsaturated/α-hetero) is 1. The average molecular weight is 680 g/mol. The van der Waals surface area contributed by atoms with Gasteiger partial charge in [0.15, 0.2) is 5.78 Å². The van der Waals surface area contributed by atoms with Crippen molar-refractivity contribution in [2.24, 2.45) is 5.73 Å². The molecule has 0 radical (unpaired) electrons. The highest BCUT2D eigenvalue weighted by molar-refractivity contribution is 5.96. The molecule has 49 heavy (non-hydrogen) atoms. The Labute approximate surface area is 282 Å². The van der Waals surface area contributed by atoms with Crippen molar-refractivity contribution in [3.63, 3.8) is 0 Å².